The van der Waals surface area contributed by atoms with E-state index in [9.17, 15) is 4.79 Å². The van der Waals surface area contributed by atoms with Gasteiger partial charge in [-0.2, -0.15) is 0 Å². The Hall–Kier alpha value is -1.55. The van der Waals surface area contributed by atoms with Crippen molar-refractivity contribution in [2.75, 3.05) is 6.54 Å². The number of hydrazine groups is 1. The average Bonchev–Trinajstić information content (AvgIpc) is 2.32. The quantitative estimate of drug-likeness (QED) is 0.436. The first-order valence-corrected chi connectivity index (χ1v) is 6.11. The molecule has 100 valence electrons. The van der Waals surface area contributed by atoms with Crippen LogP contribution in [0.4, 0.5) is 4.79 Å². The maximum absolute atomic E-state index is 11.1. The summed E-state index contributed by atoms with van der Waals surface area (Å²) in [5.74, 6) is 5.05. The lowest BCUT2D eigenvalue weighted by Crippen LogP contribution is -2.45. The van der Waals surface area contributed by atoms with Crippen LogP contribution in [0.5, 0.6) is 0 Å². The monoisotopic (exact) mass is 249 g/mol. The standard InChI is InChI=1S/C14H23N3O/c1-9-6-7-12(11(3)10(9)2)14(4,5)8-16-13(18)17-15/h6-7H,8,15H2,1-5H3,(H2,16,17,18). The van der Waals surface area contributed by atoms with E-state index in [-0.39, 0.29) is 11.4 Å². The van der Waals surface area contributed by atoms with Crippen LogP contribution < -0.4 is 16.6 Å². The highest BCUT2D eigenvalue weighted by molar-refractivity contribution is 5.73. The topological polar surface area (TPSA) is 67.2 Å². The number of hydrogen-bond donors (Lipinski definition) is 3. The fourth-order valence-electron chi connectivity index (χ4n) is 2.14. The molecule has 0 radical (unpaired) electrons. The highest BCUT2D eigenvalue weighted by Gasteiger charge is 2.24. The molecule has 0 atom stereocenters. The second-order valence-electron chi connectivity index (χ2n) is 5.39. The Morgan fingerprint density at radius 3 is 2.39 bits per heavy atom. The minimum absolute atomic E-state index is 0.130. The molecule has 1 rings (SSSR count). The number of amides is 2. The third kappa shape index (κ3) is 3.01. The van der Waals surface area contributed by atoms with E-state index in [1.165, 1.54) is 22.3 Å². The SMILES string of the molecule is Cc1ccc(C(C)(C)CNC(=O)NN)c(C)c1C. The number of aryl methyl sites for hydroxylation is 1. The molecule has 0 heterocycles. The van der Waals surface area contributed by atoms with E-state index in [1.54, 1.807) is 0 Å². The molecule has 18 heavy (non-hydrogen) atoms. The van der Waals surface area contributed by atoms with Crippen LogP contribution in [-0.4, -0.2) is 12.6 Å². The number of nitrogens with one attached hydrogen (secondary N) is 2. The molecule has 0 bridgehead atoms. The van der Waals surface area contributed by atoms with Gasteiger partial charge in [0.1, 0.15) is 0 Å². The number of carbonyl (C=O) groups excluding carboxylic acids is 1. The van der Waals surface area contributed by atoms with E-state index in [2.05, 4.69) is 57.5 Å². The lowest BCUT2D eigenvalue weighted by Gasteiger charge is -2.28. The van der Waals surface area contributed by atoms with Crippen LogP contribution >= 0.6 is 0 Å². The number of rotatable bonds is 3. The van der Waals surface area contributed by atoms with Crippen molar-refractivity contribution in [1.29, 1.82) is 0 Å². The molecular weight excluding hydrogens is 226 g/mol. The zero-order chi connectivity index (χ0) is 13.9. The van der Waals surface area contributed by atoms with Crippen molar-refractivity contribution >= 4 is 6.03 Å². The molecule has 0 aliphatic heterocycles. The second kappa shape index (κ2) is 5.40. The molecule has 4 heteroatoms. The largest absolute Gasteiger partial charge is 0.336 e. The Balaban J connectivity index is 2.98. The van der Waals surface area contributed by atoms with Gasteiger partial charge in [0.2, 0.25) is 0 Å². The van der Waals surface area contributed by atoms with Crippen LogP contribution in [0.25, 0.3) is 0 Å². The minimum Gasteiger partial charge on any atom is -0.336 e. The van der Waals surface area contributed by atoms with Gasteiger partial charge >= 0.3 is 6.03 Å². The predicted molar refractivity (Wildman–Crippen MR) is 74.4 cm³/mol. The number of urea groups is 1. The summed E-state index contributed by atoms with van der Waals surface area (Å²) in [7, 11) is 0. The summed E-state index contributed by atoms with van der Waals surface area (Å²) in [6.07, 6.45) is 0. The molecule has 0 aliphatic rings. The number of carbonyl (C=O) groups is 1. The molecule has 2 amide bonds. The van der Waals surface area contributed by atoms with Crippen molar-refractivity contribution < 1.29 is 4.79 Å². The van der Waals surface area contributed by atoms with E-state index in [1.807, 2.05) is 0 Å². The molecule has 1 aromatic rings. The van der Waals surface area contributed by atoms with Crippen LogP contribution in [0.1, 0.15) is 36.1 Å². The molecule has 0 saturated heterocycles. The molecule has 0 aliphatic carbocycles. The van der Waals surface area contributed by atoms with Crippen LogP contribution in [-0.2, 0) is 5.41 Å². The highest BCUT2D eigenvalue weighted by atomic mass is 16.2. The first-order valence-electron chi connectivity index (χ1n) is 6.11. The molecule has 0 unspecified atom stereocenters. The van der Waals surface area contributed by atoms with E-state index < -0.39 is 0 Å². The van der Waals surface area contributed by atoms with Gasteiger partial charge in [0, 0.05) is 12.0 Å². The summed E-state index contributed by atoms with van der Waals surface area (Å²) in [5, 5.41) is 2.76. The van der Waals surface area contributed by atoms with Crippen molar-refractivity contribution in [2.24, 2.45) is 5.84 Å². The Bertz CT molecular complexity index is 453. The molecule has 0 aromatic heterocycles. The van der Waals surface area contributed by atoms with Gasteiger partial charge in [-0.1, -0.05) is 26.0 Å². The van der Waals surface area contributed by atoms with Gasteiger partial charge in [-0.3, -0.25) is 5.43 Å². The molecular formula is C14H23N3O. The van der Waals surface area contributed by atoms with Crippen molar-refractivity contribution in [3.63, 3.8) is 0 Å². The fourth-order valence-corrected chi connectivity index (χ4v) is 2.14. The normalized spacial score (nSPS) is 11.2. The zero-order valence-electron chi connectivity index (χ0n) is 11.8. The van der Waals surface area contributed by atoms with E-state index in [0.717, 1.165) is 0 Å². The van der Waals surface area contributed by atoms with Crippen molar-refractivity contribution in [3.8, 4) is 0 Å². The van der Waals surface area contributed by atoms with Crippen molar-refractivity contribution in [2.45, 2.75) is 40.0 Å². The molecule has 0 fully saturated rings. The highest BCUT2D eigenvalue weighted by Crippen LogP contribution is 2.28. The first kappa shape index (κ1) is 14.5. The zero-order valence-corrected chi connectivity index (χ0v) is 11.8. The summed E-state index contributed by atoms with van der Waals surface area (Å²) in [6.45, 7) is 11.1. The van der Waals surface area contributed by atoms with Gasteiger partial charge in [-0.15, -0.1) is 0 Å². The number of benzene rings is 1. The summed E-state index contributed by atoms with van der Waals surface area (Å²) < 4.78 is 0. The van der Waals surface area contributed by atoms with Gasteiger partial charge in [0.05, 0.1) is 0 Å². The van der Waals surface area contributed by atoms with Crippen LogP contribution in [0.15, 0.2) is 12.1 Å². The van der Waals surface area contributed by atoms with Gasteiger partial charge in [-0.25, -0.2) is 10.6 Å². The Morgan fingerprint density at radius 2 is 1.83 bits per heavy atom. The van der Waals surface area contributed by atoms with Crippen LogP contribution in [0.2, 0.25) is 0 Å². The van der Waals surface area contributed by atoms with Crippen molar-refractivity contribution in [3.05, 3.63) is 34.4 Å². The lowest BCUT2D eigenvalue weighted by atomic mass is 9.80. The third-order valence-electron chi connectivity index (χ3n) is 3.61. The Labute approximate surface area is 109 Å². The van der Waals surface area contributed by atoms with Crippen molar-refractivity contribution in [1.82, 2.24) is 10.7 Å². The molecule has 0 saturated carbocycles. The summed E-state index contributed by atoms with van der Waals surface area (Å²) in [6, 6.07) is 3.91. The van der Waals surface area contributed by atoms with E-state index >= 15 is 0 Å². The fraction of sp³-hybridized carbons (Fsp3) is 0.500. The van der Waals surface area contributed by atoms with Crippen LogP contribution in [0.3, 0.4) is 0 Å². The van der Waals surface area contributed by atoms with Gasteiger partial charge in [0.25, 0.3) is 0 Å². The van der Waals surface area contributed by atoms with E-state index in [0.29, 0.717) is 6.54 Å². The number of nitrogens with two attached hydrogens (primary N) is 1. The summed E-state index contributed by atoms with van der Waals surface area (Å²) >= 11 is 0. The predicted octanol–water partition coefficient (Wildman–Crippen LogP) is 2.06. The minimum atomic E-state index is -0.357. The molecule has 0 spiro atoms. The van der Waals surface area contributed by atoms with Gasteiger partial charge < -0.3 is 5.32 Å². The van der Waals surface area contributed by atoms with Gasteiger partial charge in [0.15, 0.2) is 0 Å². The average molecular weight is 249 g/mol. The Morgan fingerprint density at radius 1 is 1.22 bits per heavy atom. The third-order valence-corrected chi connectivity index (χ3v) is 3.61. The Kier molecular flexibility index (Phi) is 4.35. The maximum atomic E-state index is 11.1. The number of hydrogen-bond acceptors (Lipinski definition) is 2. The van der Waals surface area contributed by atoms with Gasteiger partial charge in [-0.05, 0) is 43.0 Å². The first-order chi connectivity index (χ1) is 8.29. The summed E-state index contributed by atoms with van der Waals surface area (Å²) in [4.78, 5) is 11.1. The lowest BCUT2D eigenvalue weighted by molar-refractivity contribution is 0.238. The van der Waals surface area contributed by atoms with Crippen LogP contribution in [0, 0.1) is 20.8 Å². The maximum Gasteiger partial charge on any atom is 0.328 e. The molecule has 4 nitrogen and oxygen atoms in total. The molecule has 1 aromatic carbocycles. The second-order valence-corrected chi connectivity index (χ2v) is 5.39. The molecule has 4 N–H and O–H groups in total. The summed E-state index contributed by atoms with van der Waals surface area (Å²) in [5.41, 5.74) is 7.08. The smallest absolute Gasteiger partial charge is 0.328 e. The van der Waals surface area contributed by atoms with E-state index in [4.69, 9.17) is 5.84 Å².